The van der Waals surface area contributed by atoms with Crippen LogP contribution < -0.4 is 0 Å². The highest BCUT2D eigenvalue weighted by Gasteiger charge is 1.99. The Morgan fingerprint density at radius 1 is 1.30 bits per heavy atom. The lowest BCUT2D eigenvalue weighted by Crippen LogP contribution is -1.91. The normalized spacial score (nSPS) is 10.3. The van der Waals surface area contributed by atoms with Gasteiger partial charge in [-0.15, -0.1) is 0 Å². The van der Waals surface area contributed by atoms with Gasteiger partial charge in [-0.25, -0.2) is 4.98 Å². The van der Waals surface area contributed by atoms with Gasteiger partial charge in [-0.2, -0.15) is 0 Å². The molecule has 1 aromatic heterocycles. The van der Waals surface area contributed by atoms with Gasteiger partial charge in [0.05, 0.1) is 18.1 Å². The van der Waals surface area contributed by atoms with Crippen molar-refractivity contribution in [3.8, 4) is 5.88 Å². The molecular weight excluding hydrogens is 128 g/mol. The SMILES string of the molecule is CC(C)c1cnc(O)cn1. The first-order valence-electron chi connectivity index (χ1n) is 3.21. The van der Waals surface area contributed by atoms with E-state index in [1.807, 2.05) is 13.8 Å². The monoisotopic (exact) mass is 138 g/mol. The lowest BCUT2D eigenvalue weighted by Gasteiger charge is -2.00. The minimum atomic E-state index is -0.0237. The van der Waals surface area contributed by atoms with Gasteiger partial charge in [0.2, 0.25) is 5.88 Å². The van der Waals surface area contributed by atoms with Gasteiger partial charge >= 0.3 is 0 Å². The summed E-state index contributed by atoms with van der Waals surface area (Å²) < 4.78 is 0. The molecule has 0 aliphatic rings. The second-order valence-corrected chi connectivity index (χ2v) is 2.45. The van der Waals surface area contributed by atoms with Gasteiger partial charge in [0.15, 0.2) is 0 Å². The van der Waals surface area contributed by atoms with Crippen LogP contribution in [0.4, 0.5) is 0 Å². The summed E-state index contributed by atoms with van der Waals surface area (Å²) in [6.07, 6.45) is 2.94. The Morgan fingerprint density at radius 2 is 2.00 bits per heavy atom. The van der Waals surface area contributed by atoms with E-state index < -0.39 is 0 Å². The molecule has 0 aliphatic carbocycles. The van der Waals surface area contributed by atoms with Crippen LogP contribution in [0.3, 0.4) is 0 Å². The number of hydrogen-bond acceptors (Lipinski definition) is 3. The average molecular weight is 138 g/mol. The molecule has 0 atom stereocenters. The van der Waals surface area contributed by atoms with Gasteiger partial charge < -0.3 is 5.11 Å². The number of aromatic hydroxyl groups is 1. The van der Waals surface area contributed by atoms with E-state index in [0.29, 0.717) is 5.92 Å². The molecule has 0 radical (unpaired) electrons. The topological polar surface area (TPSA) is 46.0 Å². The van der Waals surface area contributed by atoms with E-state index in [2.05, 4.69) is 9.97 Å². The molecule has 0 bridgehead atoms. The fraction of sp³-hybridized carbons (Fsp3) is 0.429. The van der Waals surface area contributed by atoms with Crippen molar-refractivity contribution in [3.63, 3.8) is 0 Å². The number of aromatic nitrogens is 2. The summed E-state index contributed by atoms with van der Waals surface area (Å²) in [5.41, 5.74) is 0.901. The third-order valence-corrected chi connectivity index (χ3v) is 1.25. The van der Waals surface area contributed by atoms with Crippen LogP contribution in [-0.2, 0) is 0 Å². The van der Waals surface area contributed by atoms with Crippen molar-refractivity contribution < 1.29 is 5.11 Å². The van der Waals surface area contributed by atoms with Gasteiger partial charge in [-0.1, -0.05) is 13.8 Å². The van der Waals surface area contributed by atoms with Crippen molar-refractivity contribution in [2.75, 3.05) is 0 Å². The van der Waals surface area contributed by atoms with Crippen LogP contribution in [-0.4, -0.2) is 15.1 Å². The lowest BCUT2D eigenvalue weighted by molar-refractivity contribution is 0.449. The van der Waals surface area contributed by atoms with Gasteiger partial charge in [-0.3, -0.25) is 4.98 Å². The molecule has 1 heterocycles. The first-order chi connectivity index (χ1) is 4.70. The predicted molar refractivity (Wildman–Crippen MR) is 37.8 cm³/mol. The Morgan fingerprint density at radius 3 is 2.40 bits per heavy atom. The zero-order chi connectivity index (χ0) is 7.56. The maximum atomic E-state index is 8.76. The van der Waals surface area contributed by atoms with E-state index >= 15 is 0 Å². The van der Waals surface area contributed by atoms with Crippen LogP contribution in [0.25, 0.3) is 0 Å². The molecule has 0 unspecified atom stereocenters. The second kappa shape index (κ2) is 2.64. The zero-order valence-corrected chi connectivity index (χ0v) is 6.07. The van der Waals surface area contributed by atoms with Crippen molar-refractivity contribution in [3.05, 3.63) is 18.1 Å². The van der Waals surface area contributed by atoms with Crippen LogP contribution in [0.2, 0.25) is 0 Å². The summed E-state index contributed by atoms with van der Waals surface area (Å²) in [5.74, 6) is 0.345. The largest absolute Gasteiger partial charge is 0.492 e. The fourth-order valence-electron chi connectivity index (χ4n) is 0.629. The van der Waals surface area contributed by atoms with Crippen LogP contribution in [0.5, 0.6) is 5.88 Å². The molecule has 0 amide bonds. The predicted octanol–water partition coefficient (Wildman–Crippen LogP) is 1.31. The van der Waals surface area contributed by atoms with E-state index in [1.54, 1.807) is 6.20 Å². The standard InChI is InChI=1S/C7H10N2O/c1-5(2)6-3-9-7(10)4-8-6/h3-5H,1-2H3,(H,9,10). The molecule has 1 aromatic rings. The number of hydrogen-bond donors (Lipinski definition) is 1. The van der Waals surface area contributed by atoms with Gasteiger partial charge in [0.25, 0.3) is 0 Å². The molecule has 0 saturated carbocycles. The van der Waals surface area contributed by atoms with Crippen molar-refractivity contribution in [2.45, 2.75) is 19.8 Å². The first-order valence-corrected chi connectivity index (χ1v) is 3.21. The molecule has 3 nitrogen and oxygen atoms in total. The Balaban J connectivity index is 2.89. The molecule has 54 valence electrons. The van der Waals surface area contributed by atoms with Crippen LogP contribution in [0.15, 0.2) is 12.4 Å². The molecule has 3 heteroatoms. The minimum absolute atomic E-state index is 0.0237. The molecular formula is C7H10N2O. The van der Waals surface area contributed by atoms with Gasteiger partial charge in [0.1, 0.15) is 0 Å². The minimum Gasteiger partial charge on any atom is -0.492 e. The fourth-order valence-corrected chi connectivity index (χ4v) is 0.629. The Hall–Kier alpha value is -1.12. The molecule has 0 spiro atoms. The van der Waals surface area contributed by atoms with Crippen molar-refractivity contribution in [2.24, 2.45) is 0 Å². The van der Waals surface area contributed by atoms with E-state index in [9.17, 15) is 0 Å². The highest BCUT2D eigenvalue weighted by molar-refractivity contribution is 5.07. The number of rotatable bonds is 1. The smallest absolute Gasteiger partial charge is 0.229 e. The summed E-state index contributed by atoms with van der Waals surface area (Å²) in [6, 6.07) is 0. The summed E-state index contributed by atoms with van der Waals surface area (Å²) in [7, 11) is 0. The summed E-state index contributed by atoms with van der Waals surface area (Å²) in [6.45, 7) is 4.06. The van der Waals surface area contributed by atoms with E-state index in [0.717, 1.165) is 5.69 Å². The molecule has 0 saturated heterocycles. The quantitative estimate of drug-likeness (QED) is 0.636. The third-order valence-electron chi connectivity index (χ3n) is 1.25. The zero-order valence-electron chi connectivity index (χ0n) is 6.07. The molecule has 10 heavy (non-hydrogen) atoms. The van der Waals surface area contributed by atoms with Crippen molar-refractivity contribution in [1.82, 2.24) is 9.97 Å². The Bertz CT molecular complexity index is 205. The lowest BCUT2D eigenvalue weighted by atomic mass is 10.1. The Labute approximate surface area is 59.8 Å². The highest BCUT2D eigenvalue weighted by Crippen LogP contribution is 2.10. The van der Waals surface area contributed by atoms with Crippen LogP contribution in [0.1, 0.15) is 25.5 Å². The van der Waals surface area contributed by atoms with E-state index in [-0.39, 0.29) is 5.88 Å². The van der Waals surface area contributed by atoms with E-state index in [4.69, 9.17) is 5.11 Å². The van der Waals surface area contributed by atoms with Gasteiger partial charge in [0, 0.05) is 0 Å². The van der Waals surface area contributed by atoms with Crippen LogP contribution >= 0.6 is 0 Å². The summed E-state index contributed by atoms with van der Waals surface area (Å²) >= 11 is 0. The van der Waals surface area contributed by atoms with Crippen molar-refractivity contribution in [1.29, 1.82) is 0 Å². The Kier molecular flexibility index (Phi) is 1.85. The maximum Gasteiger partial charge on any atom is 0.229 e. The van der Waals surface area contributed by atoms with E-state index in [1.165, 1.54) is 6.20 Å². The summed E-state index contributed by atoms with van der Waals surface area (Å²) in [4.78, 5) is 7.66. The molecule has 1 rings (SSSR count). The second-order valence-electron chi connectivity index (χ2n) is 2.45. The molecule has 0 aromatic carbocycles. The first kappa shape index (κ1) is 6.99. The highest BCUT2D eigenvalue weighted by atomic mass is 16.3. The average Bonchev–Trinajstić information content (AvgIpc) is 1.88. The maximum absolute atomic E-state index is 8.76. The molecule has 0 fully saturated rings. The molecule has 0 aliphatic heterocycles. The molecule has 1 N–H and O–H groups in total. The third kappa shape index (κ3) is 1.43. The summed E-state index contributed by atoms with van der Waals surface area (Å²) in [5, 5.41) is 8.76. The number of nitrogens with zero attached hydrogens (tertiary/aromatic N) is 2. The van der Waals surface area contributed by atoms with Crippen molar-refractivity contribution >= 4 is 0 Å². The van der Waals surface area contributed by atoms with Gasteiger partial charge in [-0.05, 0) is 5.92 Å². The van der Waals surface area contributed by atoms with Crippen LogP contribution in [0, 0.1) is 0 Å².